The number of nitrogens with one attached hydrogen (secondary N) is 1. The maximum atomic E-state index is 12.7. The molecule has 7 heteroatoms. The largest absolute Gasteiger partial charge is 0.478 e. The molecule has 26 heavy (non-hydrogen) atoms. The summed E-state index contributed by atoms with van der Waals surface area (Å²) in [5.74, 6) is 0.360. The van der Waals surface area contributed by atoms with Gasteiger partial charge in [0.05, 0.1) is 24.1 Å². The van der Waals surface area contributed by atoms with E-state index in [2.05, 4.69) is 20.4 Å². The highest BCUT2D eigenvalue weighted by Gasteiger charge is 2.16. The summed E-state index contributed by atoms with van der Waals surface area (Å²) in [5, 5.41) is 8.14. The molecule has 0 bridgehead atoms. The molecule has 0 aliphatic rings. The molecule has 0 fully saturated rings. The van der Waals surface area contributed by atoms with Crippen molar-refractivity contribution in [3.8, 4) is 5.88 Å². The highest BCUT2D eigenvalue weighted by molar-refractivity contribution is 5.98. The summed E-state index contributed by atoms with van der Waals surface area (Å²) in [5.41, 5.74) is 2.85. The Labute approximate surface area is 152 Å². The first-order valence-corrected chi connectivity index (χ1v) is 8.71. The van der Waals surface area contributed by atoms with Crippen LogP contribution in [0.4, 0.5) is 0 Å². The summed E-state index contributed by atoms with van der Waals surface area (Å²) in [4.78, 5) is 21.4. The molecule has 3 aromatic heterocycles. The maximum Gasteiger partial charge on any atom is 0.253 e. The highest BCUT2D eigenvalue weighted by Crippen LogP contribution is 2.20. The fourth-order valence-electron chi connectivity index (χ4n) is 2.77. The zero-order valence-electron chi connectivity index (χ0n) is 15.5. The second kappa shape index (κ2) is 7.51. The van der Waals surface area contributed by atoms with Gasteiger partial charge in [-0.3, -0.25) is 4.79 Å². The molecular formula is C19H23N5O2. The number of carbonyl (C=O) groups is 1. The summed E-state index contributed by atoms with van der Waals surface area (Å²) in [6.45, 7) is 8.70. The van der Waals surface area contributed by atoms with Gasteiger partial charge in [0.1, 0.15) is 0 Å². The van der Waals surface area contributed by atoms with E-state index >= 15 is 0 Å². The van der Waals surface area contributed by atoms with Crippen LogP contribution in [0.5, 0.6) is 5.88 Å². The monoisotopic (exact) mass is 353 g/mol. The molecule has 3 aromatic rings. The average molecular weight is 353 g/mol. The van der Waals surface area contributed by atoms with Gasteiger partial charge >= 0.3 is 0 Å². The number of amides is 1. The van der Waals surface area contributed by atoms with Crippen molar-refractivity contribution in [3.63, 3.8) is 0 Å². The first-order valence-electron chi connectivity index (χ1n) is 8.71. The van der Waals surface area contributed by atoms with E-state index in [0.717, 1.165) is 16.6 Å². The van der Waals surface area contributed by atoms with Crippen LogP contribution >= 0.6 is 0 Å². The molecule has 0 aromatic carbocycles. The van der Waals surface area contributed by atoms with Crippen LogP contribution in [-0.2, 0) is 6.54 Å². The van der Waals surface area contributed by atoms with Gasteiger partial charge in [-0.15, -0.1) is 0 Å². The average Bonchev–Trinajstić information content (AvgIpc) is 3.03. The number of hydrogen-bond donors (Lipinski definition) is 1. The summed E-state index contributed by atoms with van der Waals surface area (Å²) in [6, 6.07) is 5.76. The number of carbonyl (C=O) groups excluding carboxylic acids is 1. The Kier molecular flexibility index (Phi) is 5.16. The van der Waals surface area contributed by atoms with Crippen LogP contribution in [0.2, 0.25) is 0 Å². The Bertz CT molecular complexity index is 933. The third-order valence-corrected chi connectivity index (χ3v) is 4.06. The van der Waals surface area contributed by atoms with Crippen molar-refractivity contribution < 1.29 is 9.53 Å². The lowest BCUT2D eigenvalue weighted by Gasteiger charge is -2.11. The number of fused-ring (bicyclic) bond motifs is 1. The second-order valence-corrected chi connectivity index (χ2v) is 6.30. The zero-order valence-corrected chi connectivity index (χ0v) is 15.5. The van der Waals surface area contributed by atoms with E-state index in [9.17, 15) is 4.79 Å². The molecule has 0 spiro atoms. The lowest BCUT2D eigenvalue weighted by molar-refractivity contribution is 0.0949. The van der Waals surface area contributed by atoms with Crippen LogP contribution in [0.1, 0.15) is 48.4 Å². The molecule has 3 heterocycles. The third kappa shape index (κ3) is 3.51. The molecule has 0 aliphatic heterocycles. The van der Waals surface area contributed by atoms with E-state index in [1.807, 2.05) is 50.6 Å². The Balaban J connectivity index is 1.81. The Morgan fingerprint density at radius 3 is 2.92 bits per heavy atom. The fraction of sp³-hybridized carbons (Fsp3) is 0.368. The minimum absolute atomic E-state index is 0.180. The van der Waals surface area contributed by atoms with Crippen molar-refractivity contribution in [1.82, 2.24) is 25.1 Å². The first-order chi connectivity index (χ1) is 12.5. The van der Waals surface area contributed by atoms with Crippen LogP contribution < -0.4 is 10.1 Å². The summed E-state index contributed by atoms with van der Waals surface area (Å²) < 4.78 is 7.35. The predicted octanol–water partition coefficient (Wildman–Crippen LogP) is 3.04. The van der Waals surface area contributed by atoms with E-state index in [-0.39, 0.29) is 11.9 Å². The Hall–Kier alpha value is -2.96. The number of hydrogen-bond acceptors (Lipinski definition) is 5. The second-order valence-electron chi connectivity index (χ2n) is 6.30. The standard InChI is InChI=1S/C19H23N5O2/c1-5-26-19-14(7-6-8-20-19)10-21-18(25)16-9-15-11-22-24(12(2)3)17(15)23-13(16)4/h6-9,11-12H,5,10H2,1-4H3,(H,21,25). The van der Waals surface area contributed by atoms with Crippen LogP contribution in [-0.4, -0.2) is 32.3 Å². The van der Waals surface area contributed by atoms with E-state index in [0.29, 0.717) is 30.3 Å². The van der Waals surface area contributed by atoms with E-state index in [1.165, 1.54) is 0 Å². The van der Waals surface area contributed by atoms with Crippen molar-refractivity contribution in [2.24, 2.45) is 0 Å². The number of ether oxygens (including phenoxy) is 1. The number of nitrogens with zero attached hydrogens (tertiary/aromatic N) is 4. The number of aryl methyl sites for hydroxylation is 1. The number of rotatable bonds is 6. The minimum Gasteiger partial charge on any atom is -0.478 e. The maximum absolute atomic E-state index is 12.7. The number of pyridine rings is 2. The molecule has 136 valence electrons. The summed E-state index contributed by atoms with van der Waals surface area (Å²) in [6.07, 6.45) is 3.41. The molecule has 7 nitrogen and oxygen atoms in total. The quantitative estimate of drug-likeness (QED) is 0.736. The van der Waals surface area contributed by atoms with Crippen molar-refractivity contribution in [3.05, 3.63) is 47.4 Å². The highest BCUT2D eigenvalue weighted by atomic mass is 16.5. The number of aromatic nitrogens is 4. The lowest BCUT2D eigenvalue weighted by atomic mass is 10.1. The van der Waals surface area contributed by atoms with Crippen LogP contribution in [0, 0.1) is 6.92 Å². The molecule has 0 saturated carbocycles. The van der Waals surface area contributed by atoms with Gasteiger partial charge in [0, 0.05) is 29.7 Å². The van der Waals surface area contributed by atoms with Crippen molar-refractivity contribution in [1.29, 1.82) is 0 Å². The van der Waals surface area contributed by atoms with Gasteiger partial charge in [0.15, 0.2) is 5.65 Å². The zero-order chi connectivity index (χ0) is 18.7. The van der Waals surface area contributed by atoms with Gasteiger partial charge in [-0.05, 0) is 39.8 Å². The van der Waals surface area contributed by atoms with E-state index in [4.69, 9.17) is 4.74 Å². The normalized spacial score (nSPS) is 11.1. The predicted molar refractivity (Wildman–Crippen MR) is 99.2 cm³/mol. The topological polar surface area (TPSA) is 81.9 Å². The fourth-order valence-corrected chi connectivity index (χ4v) is 2.77. The van der Waals surface area contributed by atoms with E-state index in [1.54, 1.807) is 12.4 Å². The van der Waals surface area contributed by atoms with Crippen molar-refractivity contribution in [2.75, 3.05) is 6.61 Å². The van der Waals surface area contributed by atoms with Crippen molar-refractivity contribution >= 4 is 16.9 Å². The Morgan fingerprint density at radius 2 is 2.19 bits per heavy atom. The van der Waals surface area contributed by atoms with Crippen LogP contribution in [0.3, 0.4) is 0 Å². The smallest absolute Gasteiger partial charge is 0.253 e. The van der Waals surface area contributed by atoms with Gasteiger partial charge in [-0.1, -0.05) is 6.07 Å². The van der Waals surface area contributed by atoms with Crippen molar-refractivity contribution in [2.45, 2.75) is 40.3 Å². The van der Waals surface area contributed by atoms with Gasteiger partial charge in [0.2, 0.25) is 5.88 Å². The van der Waals surface area contributed by atoms with Crippen LogP contribution in [0.25, 0.3) is 11.0 Å². The van der Waals surface area contributed by atoms with Gasteiger partial charge in [0.25, 0.3) is 5.91 Å². The molecule has 0 saturated heterocycles. The molecule has 1 amide bonds. The van der Waals surface area contributed by atoms with Crippen LogP contribution in [0.15, 0.2) is 30.6 Å². The molecule has 0 radical (unpaired) electrons. The molecule has 0 atom stereocenters. The van der Waals surface area contributed by atoms with Gasteiger partial charge < -0.3 is 10.1 Å². The lowest BCUT2D eigenvalue weighted by Crippen LogP contribution is -2.24. The molecule has 0 unspecified atom stereocenters. The van der Waals surface area contributed by atoms with Gasteiger partial charge in [-0.25, -0.2) is 14.6 Å². The summed E-state index contributed by atoms with van der Waals surface area (Å²) >= 11 is 0. The van der Waals surface area contributed by atoms with Gasteiger partial charge in [-0.2, -0.15) is 5.10 Å². The molecule has 0 aliphatic carbocycles. The minimum atomic E-state index is -0.180. The molecule has 3 rings (SSSR count). The first kappa shape index (κ1) is 17.8. The third-order valence-electron chi connectivity index (χ3n) is 4.06. The molecular weight excluding hydrogens is 330 g/mol. The Morgan fingerprint density at radius 1 is 1.38 bits per heavy atom. The van der Waals surface area contributed by atoms with E-state index < -0.39 is 0 Å². The molecule has 1 N–H and O–H groups in total. The SMILES string of the molecule is CCOc1ncccc1CNC(=O)c1cc2cnn(C(C)C)c2nc1C. The summed E-state index contributed by atoms with van der Waals surface area (Å²) in [7, 11) is 0.